The summed E-state index contributed by atoms with van der Waals surface area (Å²) in [5, 5.41) is 9.27. The number of hydrogen-bond donors (Lipinski definition) is 0. The summed E-state index contributed by atoms with van der Waals surface area (Å²) in [5.41, 5.74) is 11.2. The van der Waals surface area contributed by atoms with Crippen molar-refractivity contribution in [2.45, 2.75) is 0 Å². The molecule has 0 saturated carbocycles. The molecule has 11 aromatic rings. The van der Waals surface area contributed by atoms with Crippen molar-refractivity contribution in [3.05, 3.63) is 188 Å². The van der Waals surface area contributed by atoms with Crippen LogP contribution in [-0.4, -0.2) is 0 Å². The number of fused-ring (bicyclic) bond motifs is 11. The van der Waals surface area contributed by atoms with Gasteiger partial charge in [-0.1, -0.05) is 133 Å². The Morgan fingerprint density at radius 3 is 1.66 bits per heavy atom. The van der Waals surface area contributed by atoms with E-state index in [1.165, 1.54) is 16.2 Å². The van der Waals surface area contributed by atoms with E-state index in [0.29, 0.717) is 0 Å². The molecule has 0 aliphatic carbocycles. The van der Waals surface area contributed by atoms with Gasteiger partial charge in [0.15, 0.2) is 0 Å². The van der Waals surface area contributed by atoms with Gasteiger partial charge in [0.25, 0.3) is 0 Å². The van der Waals surface area contributed by atoms with E-state index in [2.05, 4.69) is 181 Å². The van der Waals surface area contributed by atoms with Crippen molar-refractivity contribution in [2.24, 2.45) is 0 Å². The monoisotopic (exact) mass is 677 g/mol. The highest BCUT2D eigenvalue weighted by Crippen LogP contribution is 2.47. The first-order valence-corrected chi connectivity index (χ1v) is 18.0. The number of furan rings is 2. The van der Waals surface area contributed by atoms with Gasteiger partial charge in [-0.2, -0.15) is 0 Å². The second kappa shape index (κ2) is 11.7. The zero-order chi connectivity index (χ0) is 34.9. The molecule has 11 rings (SSSR count). The molecule has 248 valence electrons. The minimum atomic E-state index is 0.855. The summed E-state index contributed by atoms with van der Waals surface area (Å²) in [6.07, 6.45) is 0. The summed E-state index contributed by atoms with van der Waals surface area (Å²) < 4.78 is 13.2. The molecule has 3 heteroatoms. The second-order valence-corrected chi connectivity index (χ2v) is 13.7. The Morgan fingerprint density at radius 2 is 0.887 bits per heavy atom. The molecule has 0 unspecified atom stereocenters. The van der Waals surface area contributed by atoms with E-state index in [9.17, 15) is 0 Å². The van der Waals surface area contributed by atoms with Gasteiger partial charge in [0, 0.05) is 49.9 Å². The van der Waals surface area contributed by atoms with E-state index in [0.717, 1.165) is 88.6 Å². The van der Waals surface area contributed by atoms with Crippen LogP contribution in [0.5, 0.6) is 0 Å². The van der Waals surface area contributed by atoms with Gasteiger partial charge in [-0.25, -0.2) is 0 Å². The predicted octanol–water partition coefficient (Wildman–Crippen LogP) is 14.6. The van der Waals surface area contributed by atoms with Crippen LogP contribution in [-0.2, 0) is 0 Å². The molecule has 0 aliphatic rings. The first kappa shape index (κ1) is 29.6. The standard InChI is InChI=1S/C50H31NO2/c1-3-13-33(14-4-1)43-30-44-48(53-50-42-21-10-8-18-38(42)37-17-7-9-20-41(37)49(44)50)31-45(43)51(35-15-5-2-6-16-35)36-26-23-32(24-27-36)34-25-28-40-39-19-11-12-22-46(39)52-47(40)29-34/h1-31H. The Hall–Kier alpha value is -7.10. The summed E-state index contributed by atoms with van der Waals surface area (Å²) in [5.74, 6) is 0. The van der Waals surface area contributed by atoms with Crippen LogP contribution in [0.3, 0.4) is 0 Å². The maximum absolute atomic E-state index is 6.93. The molecule has 0 bridgehead atoms. The Balaban J connectivity index is 1.13. The minimum absolute atomic E-state index is 0.855. The molecule has 0 aliphatic heterocycles. The van der Waals surface area contributed by atoms with Crippen LogP contribution in [0.1, 0.15) is 0 Å². The van der Waals surface area contributed by atoms with Crippen LogP contribution in [0.4, 0.5) is 17.1 Å². The first-order chi connectivity index (χ1) is 26.3. The zero-order valence-corrected chi connectivity index (χ0v) is 28.7. The number of anilines is 3. The first-order valence-electron chi connectivity index (χ1n) is 18.0. The highest BCUT2D eigenvalue weighted by atomic mass is 16.3. The van der Waals surface area contributed by atoms with Gasteiger partial charge < -0.3 is 13.7 Å². The molecule has 9 aromatic carbocycles. The van der Waals surface area contributed by atoms with E-state index in [1.807, 2.05) is 12.1 Å². The lowest BCUT2D eigenvalue weighted by molar-refractivity contribution is 0.669. The molecule has 0 N–H and O–H groups in total. The molecular weight excluding hydrogens is 647 g/mol. The van der Waals surface area contributed by atoms with Gasteiger partial charge in [0.2, 0.25) is 0 Å². The zero-order valence-electron chi connectivity index (χ0n) is 28.7. The number of para-hydroxylation sites is 2. The third-order valence-electron chi connectivity index (χ3n) is 10.6. The molecule has 0 atom stereocenters. The van der Waals surface area contributed by atoms with E-state index >= 15 is 0 Å². The number of hydrogen-bond acceptors (Lipinski definition) is 3. The minimum Gasteiger partial charge on any atom is -0.456 e. The molecule has 3 nitrogen and oxygen atoms in total. The molecule has 0 fully saturated rings. The fraction of sp³-hybridized carbons (Fsp3) is 0. The summed E-state index contributed by atoms with van der Waals surface area (Å²) in [6, 6.07) is 66.7. The predicted molar refractivity (Wildman–Crippen MR) is 222 cm³/mol. The van der Waals surface area contributed by atoms with E-state index < -0.39 is 0 Å². The van der Waals surface area contributed by atoms with Crippen LogP contribution < -0.4 is 4.90 Å². The third-order valence-corrected chi connectivity index (χ3v) is 10.6. The largest absolute Gasteiger partial charge is 0.456 e. The lowest BCUT2D eigenvalue weighted by Gasteiger charge is -2.28. The lowest BCUT2D eigenvalue weighted by Crippen LogP contribution is -2.11. The molecule has 0 radical (unpaired) electrons. The van der Waals surface area contributed by atoms with Crippen LogP contribution in [0, 0.1) is 0 Å². The van der Waals surface area contributed by atoms with E-state index in [-0.39, 0.29) is 0 Å². The van der Waals surface area contributed by atoms with Gasteiger partial charge in [-0.3, -0.25) is 0 Å². The summed E-state index contributed by atoms with van der Waals surface area (Å²) in [4.78, 5) is 2.34. The summed E-state index contributed by atoms with van der Waals surface area (Å²) >= 11 is 0. The quantitative estimate of drug-likeness (QED) is 0.170. The van der Waals surface area contributed by atoms with Crippen molar-refractivity contribution in [3.63, 3.8) is 0 Å². The van der Waals surface area contributed by atoms with Crippen molar-refractivity contribution in [3.8, 4) is 22.3 Å². The van der Waals surface area contributed by atoms with Crippen molar-refractivity contribution in [1.82, 2.24) is 0 Å². The molecule has 2 aromatic heterocycles. The highest BCUT2D eigenvalue weighted by molar-refractivity contribution is 6.30. The Bertz CT molecular complexity index is 3160. The molecule has 53 heavy (non-hydrogen) atoms. The highest BCUT2D eigenvalue weighted by Gasteiger charge is 2.23. The molecule has 2 heterocycles. The normalized spacial score (nSPS) is 11.8. The smallest absolute Gasteiger partial charge is 0.143 e. The van der Waals surface area contributed by atoms with Crippen molar-refractivity contribution in [2.75, 3.05) is 4.90 Å². The Labute approximate surface area is 305 Å². The van der Waals surface area contributed by atoms with Crippen LogP contribution in [0.25, 0.3) is 87.7 Å². The fourth-order valence-electron chi connectivity index (χ4n) is 8.19. The van der Waals surface area contributed by atoms with Gasteiger partial charge >= 0.3 is 0 Å². The average Bonchev–Trinajstić information content (AvgIpc) is 3.80. The van der Waals surface area contributed by atoms with Crippen molar-refractivity contribution >= 4 is 82.5 Å². The van der Waals surface area contributed by atoms with Crippen LogP contribution in [0.15, 0.2) is 197 Å². The van der Waals surface area contributed by atoms with Crippen molar-refractivity contribution < 1.29 is 8.83 Å². The molecule has 0 spiro atoms. The Kier molecular flexibility index (Phi) is 6.55. The summed E-state index contributed by atoms with van der Waals surface area (Å²) in [6.45, 7) is 0. The maximum Gasteiger partial charge on any atom is 0.143 e. The molecular formula is C50H31NO2. The molecule has 0 saturated heterocycles. The maximum atomic E-state index is 6.93. The van der Waals surface area contributed by atoms with E-state index in [4.69, 9.17) is 8.83 Å². The lowest BCUT2D eigenvalue weighted by atomic mass is 9.94. The number of benzene rings is 9. The van der Waals surface area contributed by atoms with Gasteiger partial charge in [0.05, 0.1) is 5.69 Å². The average molecular weight is 678 g/mol. The van der Waals surface area contributed by atoms with Gasteiger partial charge in [0.1, 0.15) is 22.3 Å². The molecule has 0 amide bonds. The number of nitrogens with zero attached hydrogens (tertiary/aromatic N) is 1. The van der Waals surface area contributed by atoms with Crippen LogP contribution in [0.2, 0.25) is 0 Å². The second-order valence-electron chi connectivity index (χ2n) is 13.7. The third kappa shape index (κ3) is 4.68. The SMILES string of the molecule is c1ccc(-c2cc3c(cc2N(c2ccccc2)c2ccc(-c4ccc5c(c4)oc4ccccc45)cc2)oc2c4ccccc4c4ccccc4c32)cc1. The number of rotatable bonds is 5. The topological polar surface area (TPSA) is 29.5 Å². The van der Waals surface area contributed by atoms with Crippen molar-refractivity contribution in [1.29, 1.82) is 0 Å². The summed E-state index contributed by atoms with van der Waals surface area (Å²) in [7, 11) is 0. The Morgan fingerprint density at radius 1 is 0.321 bits per heavy atom. The van der Waals surface area contributed by atoms with Gasteiger partial charge in [-0.05, 0) is 81.4 Å². The van der Waals surface area contributed by atoms with Crippen LogP contribution >= 0.6 is 0 Å². The van der Waals surface area contributed by atoms with E-state index in [1.54, 1.807) is 0 Å². The van der Waals surface area contributed by atoms with Gasteiger partial charge in [-0.15, -0.1) is 0 Å². The fourth-order valence-corrected chi connectivity index (χ4v) is 8.19.